The molecular formula is C29H21BF14Si. The van der Waals surface area contributed by atoms with Crippen LogP contribution in [0.1, 0.15) is 47.1 Å². The van der Waals surface area contributed by atoms with Gasteiger partial charge in [0.05, 0.1) is 0 Å². The van der Waals surface area contributed by atoms with Crippen molar-refractivity contribution in [3.63, 3.8) is 0 Å². The van der Waals surface area contributed by atoms with Gasteiger partial charge in [-0.2, -0.15) is 0 Å². The Balaban J connectivity index is 2.60. The lowest BCUT2D eigenvalue weighted by Gasteiger charge is -2.38. The molecule has 3 aromatic rings. The summed E-state index contributed by atoms with van der Waals surface area (Å²) in [5, 5.41) is 0. The Kier molecular flexibility index (Phi) is 10.2. The van der Waals surface area contributed by atoms with Crippen LogP contribution in [-0.2, 0) is 0 Å². The lowest BCUT2D eigenvalue weighted by Crippen LogP contribution is -2.60. The van der Waals surface area contributed by atoms with Gasteiger partial charge >= 0.3 is 0 Å². The molecule has 0 atom stereocenters. The first-order valence-electron chi connectivity index (χ1n) is 13.1. The number of rotatable bonds is 6. The van der Waals surface area contributed by atoms with Crippen molar-refractivity contribution in [2.45, 2.75) is 58.2 Å². The van der Waals surface area contributed by atoms with E-state index in [2.05, 4.69) is 5.54 Å². The zero-order valence-corrected chi connectivity index (χ0v) is 25.1. The van der Waals surface area contributed by atoms with E-state index in [1.807, 2.05) is 5.92 Å². The summed E-state index contributed by atoms with van der Waals surface area (Å²) >= 11 is 0. The molecule has 0 N–H and O–H groups in total. The van der Waals surface area contributed by atoms with Crippen molar-refractivity contribution in [3.8, 4) is 11.5 Å². The van der Waals surface area contributed by atoms with Crippen LogP contribution in [-0.4, -0.2) is 14.8 Å². The Hall–Kier alpha value is -3.48. The van der Waals surface area contributed by atoms with E-state index in [0.717, 1.165) is 0 Å². The molecule has 3 aromatic carbocycles. The summed E-state index contributed by atoms with van der Waals surface area (Å²) in [6, 6.07) is 0. The first-order valence-corrected chi connectivity index (χ1v) is 15.3. The van der Waals surface area contributed by atoms with Crippen molar-refractivity contribution >= 4 is 31.2 Å². The molecule has 0 aliphatic carbocycles. The van der Waals surface area contributed by atoms with Gasteiger partial charge in [-0.1, -0.05) is 47.5 Å². The van der Waals surface area contributed by atoms with Crippen LogP contribution in [0, 0.1) is 92.9 Å². The van der Waals surface area contributed by atoms with Crippen LogP contribution >= 0.6 is 0 Å². The fourth-order valence-corrected chi connectivity index (χ4v) is 11.0. The maximum Gasteiger partial charge on any atom is 0.265 e. The third-order valence-corrected chi connectivity index (χ3v) is 14.2. The lowest BCUT2D eigenvalue weighted by atomic mass is 9.35. The van der Waals surface area contributed by atoms with Crippen LogP contribution in [0.25, 0.3) is 0 Å². The van der Waals surface area contributed by atoms with Gasteiger partial charge in [0.1, 0.15) is 13.6 Å². The summed E-state index contributed by atoms with van der Waals surface area (Å²) in [4.78, 5) is 0. The van der Waals surface area contributed by atoms with Crippen LogP contribution in [0.5, 0.6) is 0 Å². The molecule has 242 valence electrons. The summed E-state index contributed by atoms with van der Waals surface area (Å²) in [5.41, 5.74) is -7.05. The predicted molar refractivity (Wildman–Crippen MR) is 141 cm³/mol. The van der Waals surface area contributed by atoms with E-state index in [-0.39, 0.29) is 16.6 Å². The SMILES string of the molecule is CC(C)[Si](C#Cc1c(F)c(F)c(B(c2c(F)c(F)c(F)c(F)c2F)c2c(F)c(F)c(F)c(F)c2F)c(F)c1F)(C(C)C)C(C)C. The molecule has 0 saturated heterocycles. The standard InChI is InChI=1S/C29H21BF14Si/c1-9(2)45(10(3)4,11(5)6)8-7-12-16(31)18(33)13(19(34)17(12)32)30(14-20(35)24(39)28(43)25(40)21(14)36)15-22(37)26(41)29(44)27(42)23(15)38/h9-11H,1-6H3. The summed E-state index contributed by atoms with van der Waals surface area (Å²) in [7, 11) is -2.87. The van der Waals surface area contributed by atoms with E-state index in [1.54, 1.807) is 41.5 Å². The van der Waals surface area contributed by atoms with Gasteiger partial charge < -0.3 is 0 Å². The van der Waals surface area contributed by atoms with Crippen molar-refractivity contribution in [2.75, 3.05) is 0 Å². The van der Waals surface area contributed by atoms with Gasteiger partial charge in [-0.25, -0.2) is 61.5 Å². The minimum atomic E-state index is -3.86. The van der Waals surface area contributed by atoms with Crippen LogP contribution in [0.2, 0.25) is 16.6 Å². The number of hydrogen-bond acceptors (Lipinski definition) is 0. The van der Waals surface area contributed by atoms with E-state index in [1.165, 1.54) is 0 Å². The van der Waals surface area contributed by atoms with Crippen molar-refractivity contribution < 1.29 is 61.5 Å². The molecule has 3 rings (SSSR count). The maximum absolute atomic E-state index is 15.7. The highest BCUT2D eigenvalue weighted by molar-refractivity contribution is 6.95. The highest BCUT2D eigenvalue weighted by atomic mass is 28.3. The quantitative estimate of drug-likeness (QED) is 0.0827. The van der Waals surface area contributed by atoms with E-state index in [9.17, 15) is 43.9 Å². The third-order valence-electron chi connectivity index (χ3n) is 7.92. The van der Waals surface area contributed by atoms with Crippen LogP contribution in [0.15, 0.2) is 0 Å². The summed E-state index contributed by atoms with van der Waals surface area (Å²) in [5.74, 6) is -37.8. The topological polar surface area (TPSA) is 0 Å². The molecular weight excluding hydrogens is 653 g/mol. The molecule has 0 fully saturated rings. The van der Waals surface area contributed by atoms with Crippen molar-refractivity contribution in [3.05, 3.63) is 87.0 Å². The van der Waals surface area contributed by atoms with Crippen LogP contribution in [0.3, 0.4) is 0 Å². The number of benzene rings is 3. The molecule has 0 aromatic heterocycles. The molecule has 0 amide bonds. The first-order chi connectivity index (χ1) is 20.7. The summed E-state index contributed by atoms with van der Waals surface area (Å²) in [6.45, 7) is 6.70. The Morgan fingerprint density at radius 1 is 0.378 bits per heavy atom. The average molecular weight is 674 g/mol. The molecule has 0 spiro atoms. The van der Waals surface area contributed by atoms with Crippen molar-refractivity contribution in [1.82, 2.24) is 0 Å². The highest BCUT2D eigenvalue weighted by Gasteiger charge is 2.46. The van der Waals surface area contributed by atoms with Crippen LogP contribution < -0.4 is 16.4 Å². The van der Waals surface area contributed by atoms with Crippen molar-refractivity contribution in [2.24, 2.45) is 0 Å². The van der Waals surface area contributed by atoms with Gasteiger partial charge in [-0.15, -0.1) is 5.54 Å². The molecule has 0 heterocycles. The Morgan fingerprint density at radius 3 is 0.844 bits per heavy atom. The molecule has 45 heavy (non-hydrogen) atoms. The Bertz CT molecular complexity index is 1580. The third kappa shape index (κ3) is 5.50. The van der Waals surface area contributed by atoms with E-state index in [4.69, 9.17) is 0 Å². The second-order valence-corrected chi connectivity index (χ2v) is 16.7. The Labute approximate surface area is 249 Å². The van der Waals surface area contributed by atoms with Gasteiger partial charge in [0.25, 0.3) is 6.71 Å². The smallest absolute Gasteiger partial charge is 0.204 e. The second kappa shape index (κ2) is 12.7. The second-order valence-electron chi connectivity index (χ2n) is 11.1. The molecule has 0 aliphatic rings. The normalized spacial score (nSPS) is 12.0. The van der Waals surface area contributed by atoms with Gasteiger partial charge in [0, 0.05) is 16.4 Å². The molecule has 0 bridgehead atoms. The minimum Gasteiger partial charge on any atom is -0.204 e. The van der Waals surface area contributed by atoms with E-state index < -0.39 is 118 Å². The molecule has 0 nitrogen and oxygen atoms in total. The zero-order valence-electron chi connectivity index (χ0n) is 24.1. The number of hydrogen-bond donors (Lipinski definition) is 0. The molecule has 0 unspecified atom stereocenters. The zero-order chi connectivity index (χ0) is 34.6. The molecule has 16 heteroatoms. The minimum absolute atomic E-state index is 0.182. The fourth-order valence-electron chi connectivity index (χ4n) is 5.80. The summed E-state index contributed by atoms with van der Waals surface area (Å²) < 4.78 is 206. The van der Waals surface area contributed by atoms with Crippen molar-refractivity contribution in [1.29, 1.82) is 0 Å². The summed E-state index contributed by atoms with van der Waals surface area (Å²) in [6.07, 6.45) is 0. The molecule has 0 radical (unpaired) electrons. The van der Waals surface area contributed by atoms with Crippen LogP contribution in [0.4, 0.5) is 61.5 Å². The fraction of sp³-hybridized carbons (Fsp3) is 0.310. The molecule has 0 saturated carbocycles. The predicted octanol–water partition coefficient (Wildman–Crippen LogP) is 7.72. The van der Waals surface area contributed by atoms with E-state index in [0.29, 0.717) is 0 Å². The largest absolute Gasteiger partial charge is 0.265 e. The molecule has 0 aliphatic heterocycles. The monoisotopic (exact) mass is 674 g/mol. The van der Waals surface area contributed by atoms with Gasteiger partial charge in [0.15, 0.2) is 81.4 Å². The van der Waals surface area contributed by atoms with E-state index >= 15 is 17.6 Å². The lowest BCUT2D eigenvalue weighted by molar-refractivity contribution is 0.382. The van der Waals surface area contributed by atoms with Gasteiger partial charge in [-0.3, -0.25) is 0 Å². The Morgan fingerprint density at radius 2 is 0.600 bits per heavy atom. The van der Waals surface area contributed by atoms with Gasteiger partial charge in [0.2, 0.25) is 0 Å². The number of halogens is 14. The average Bonchev–Trinajstić information content (AvgIpc) is 2.97. The van der Waals surface area contributed by atoms with Gasteiger partial charge in [-0.05, 0) is 16.6 Å². The maximum atomic E-state index is 15.7. The first kappa shape index (κ1) is 36.0. The highest BCUT2D eigenvalue weighted by Crippen LogP contribution is 2.41.